The average Bonchev–Trinajstić information content (AvgIpc) is 3.28. The molecule has 4 aromatic carbocycles. The molecule has 0 aliphatic heterocycles. The molecule has 1 aliphatic rings. The van der Waals surface area contributed by atoms with Crippen LogP contribution in [0.5, 0.6) is 0 Å². The number of rotatable bonds is 3. The van der Waals surface area contributed by atoms with E-state index in [4.69, 9.17) is 9.97 Å². The third-order valence-corrected chi connectivity index (χ3v) is 7.19. The van der Waals surface area contributed by atoms with Crippen molar-refractivity contribution in [1.29, 1.82) is 10.5 Å². The molecule has 9 heteroatoms. The molecule has 0 unspecified atom stereocenters. The van der Waals surface area contributed by atoms with Gasteiger partial charge < -0.3 is 0 Å². The number of benzene rings is 4. The summed E-state index contributed by atoms with van der Waals surface area (Å²) in [6.07, 6.45) is -4.51. The first-order chi connectivity index (χ1) is 20.0. The third-order valence-electron chi connectivity index (χ3n) is 7.19. The van der Waals surface area contributed by atoms with E-state index in [0.29, 0.717) is 61.4 Å². The van der Waals surface area contributed by atoms with Crippen LogP contribution in [0.1, 0.15) is 29.3 Å². The van der Waals surface area contributed by atoms with Crippen LogP contribution in [0.2, 0.25) is 0 Å². The Morgan fingerprint density at radius 2 is 1.10 bits per heavy atom. The minimum Gasteiger partial charge on any atom is -0.244 e. The number of nitrogens with zero attached hydrogens (tertiary/aromatic N) is 4. The fourth-order valence-corrected chi connectivity index (χ4v) is 5.15. The molecular weight excluding hydrogens is 547 g/mol. The lowest BCUT2D eigenvalue weighted by molar-refractivity contribution is -0.137. The number of hydrogen-bond donors (Lipinski definition) is 0. The fraction of sp³-hybridized carbons (Fsp3) is 0.0909. The van der Waals surface area contributed by atoms with E-state index in [0.717, 1.165) is 19.1 Å². The van der Waals surface area contributed by atoms with Crippen LogP contribution in [0.25, 0.3) is 50.1 Å². The SMILES string of the molecule is CC(F)(F)c1ccc(-c2cc3nc4c(nc3cc2-c2ccc(C(F)(F)F)cc2)-c2ccccc2C4=C(C#N)C#N)cc1. The number of nitriles is 2. The first-order valence-electron chi connectivity index (χ1n) is 12.7. The van der Waals surface area contributed by atoms with E-state index in [-0.39, 0.29) is 11.1 Å². The molecule has 1 aliphatic carbocycles. The van der Waals surface area contributed by atoms with Crippen LogP contribution >= 0.6 is 0 Å². The van der Waals surface area contributed by atoms with Crippen LogP contribution < -0.4 is 0 Å². The molecule has 0 saturated heterocycles. The molecule has 0 spiro atoms. The van der Waals surface area contributed by atoms with Gasteiger partial charge in [0.2, 0.25) is 0 Å². The maximum atomic E-state index is 13.9. The van der Waals surface area contributed by atoms with E-state index < -0.39 is 17.7 Å². The molecule has 0 N–H and O–H groups in total. The minimum atomic E-state index is -4.51. The summed E-state index contributed by atoms with van der Waals surface area (Å²) in [5, 5.41) is 19.3. The summed E-state index contributed by atoms with van der Waals surface area (Å²) in [6.45, 7) is 0.793. The number of alkyl halides is 5. The van der Waals surface area contributed by atoms with Crippen LogP contribution in [-0.2, 0) is 12.1 Å². The zero-order valence-corrected chi connectivity index (χ0v) is 21.8. The second kappa shape index (κ2) is 9.60. The van der Waals surface area contributed by atoms with Gasteiger partial charge in [-0.3, -0.25) is 0 Å². The molecule has 0 amide bonds. The van der Waals surface area contributed by atoms with E-state index in [2.05, 4.69) is 0 Å². The molecule has 1 heterocycles. The Labute approximate surface area is 236 Å². The molecule has 1 aromatic heterocycles. The van der Waals surface area contributed by atoms with Gasteiger partial charge in [0.05, 0.1) is 28.0 Å². The van der Waals surface area contributed by atoms with Gasteiger partial charge in [0.15, 0.2) is 0 Å². The molecule has 0 radical (unpaired) electrons. The maximum Gasteiger partial charge on any atom is 0.416 e. The molecule has 5 aromatic rings. The molecule has 42 heavy (non-hydrogen) atoms. The van der Waals surface area contributed by atoms with Gasteiger partial charge >= 0.3 is 6.18 Å². The highest BCUT2D eigenvalue weighted by molar-refractivity contribution is 6.04. The molecule has 6 rings (SSSR count). The Morgan fingerprint density at radius 1 is 0.619 bits per heavy atom. The second-order valence-corrected chi connectivity index (χ2v) is 9.87. The topological polar surface area (TPSA) is 73.4 Å². The van der Waals surface area contributed by atoms with Gasteiger partial charge in [-0.1, -0.05) is 60.7 Å². The number of aromatic nitrogens is 2. The molecule has 0 saturated carbocycles. The van der Waals surface area contributed by atoms with Crippen molar-refractivity contribution < 1.29 is 22.0 Å². The summed E-state index contributed by atoms with van der Waals surface area (Å²) in [6, 6.07) is 24.7. The van der Waals surface area contributed by atoms with E-state index in [1.165, 1.54) is 36.4 Å². The van der Waals surface area contributed by atoms with Crippen molar-refractivity contribution in [2.75, 3.05) is 0 Å². The third kappa shape index (κ3) is 4.46. The van der Waals surface area contributed by atoms with Gasteiger partial charge in [-0.15, -0.1) is 0 Å². The second-order valence-electron chi connectivity index (χ2n) is 9.87. The highest BCUT2D eigenvalue weighted by Crippen LogP contribution is 2.45. The van der Waals surface area contributed by atoms with Gasteiger partial charge in [-0.2, -0.15) is 23.7 Å². The van der Waals surface area contributed by atoms with Gasteiger partial charge in [-0.05, 0) is 52.1 Å². The summed E-state index contributed by atoms with van der Waals surface area (Å²) in [7, 11) is 0. The predicted molar refractivity (Wildman–Crippen MR) is 148 cm³/mol. The molecule has 0 fully saturated rings. The lowest BCUT2D eigenvalue weighted by atomic mass is 9.92. The van der Waals surface area contributed by atoms with Crippen LogP contribution in [-0.4, -0.2) is 9.97 Å². The van der Waals surface area contributed by atoms with E-state index in [1.54, 1.807) is 30.3 Å². The van der Waals surface area contributed by atoms with Gasteiger partial charge in [-0.25, -0.2) is 18.7 Å². The molecule has 0 bridgehead atoms. The highest BCUT2D eigenvalue weighted by atomic mass is 19.4. The summed E-state index contributed by atoms with van der Waals surface area (Å²) < 4.78 is 67.7. The Hall–Kier alpha value is -5.41. The number of allylic oxidation sites excluding steroid dienone is 1. The predicted octanol–water partition coefficient (Wildman–Crippen LogP) is 8.92. The van der Waals surface area contributed by atoms with Crippen molar-refractivity contribution in [2.45, 2.75) is 19.0 Å². The largest absolute Gasteiger partial charge is 0.416 e. The Bertz CT molecular complexity index is 1990. The highest BCUT2D eigenvalue weighted by Gasteiger charge is 2.31. The lowest BCUT2D eigenvalue weighted by Crippen LogP contribution is -2.06. The fourth-order valence-electron chi connectivity index (χ4n) is 5.15. The first kappa shape index (κ1) is 26.8. The standard InChI is InChI=1S/C33H17F5N4/c1-32(34,35)21-10-6-18(7-11-21)26-15-28-27(14-25(26)19-8-12-22(13-9-19)33(36,37)38)41-30-24-5-3-2-4-23(24)29(31(30)42-28)20(16-39)17-40/h2-15H,1H3. The van der Waals surface area contributed by atoms with Crippen molar-refractivity contribution in [2.24, 2.45) is 0 Å². The Morgan fingerprint density at radius 3 is 1.57 bits per heavy atom. The molecule has 204 valence electrons. The van der Waals surface area contributed by atoms with Crippen molar-refractivity contribution in [1.82, 2.24) is 9.97 Å². The van der Waals surface area contributed by atoms with Crippen LogP contribution in [0.4, 0.5) is 22.0 Å². The van der Waals surface area contributed by atoms with Gasteiger partial charge in [0, 0.05) is 23.6 Å². The number of fused-ring (bicyclic) bond motifs is 4. The van der Waals surface area contributed by atoms with Gasteiger partial charge in [0.25, 0.3) is 5.92 Å². The lowest BCUT2D eigenvalue weighted by Gasteiger charge is -2.15. The van der Waals surface area contributed by atoms with E-state index in [1.807, 2.05) is 18.2 Å². The zero-order chi connectivity index (χ0) is 29.8. The average molecular weight is 565 g/mol. The summed E-state index contributed by atoms with van der Waals surface area (Å²) >= 11 is 0. The normalized spacial score (nSPS) is 12.4. The molecule has 0 atom stereocenters. The quantitative estimate of drug-likeness (QED) is 0.159. The van der Waals surface area contributed by atoms with Crippen LogP contribution in [0, 0.1) is 22.7 Å². The van der Waals surface area contributed by atoms with Crippen molar-refractivity contribution >= 4 is 16.6 Å². The smallest absolute Gasteiger partial charge is 0.244 e. The van der Waals surface area contributed by atoms with Gasteiger partial charge in [0.1, 0.15) is 17.7 Å². The van der Waals surface area contributed by atoms with Crippen molar-refractivity contribution in [3.8, 4) is 45.6 Å². The first-order valence-corrected chi connectivity index (χ1v) is 12.7. The summed E-state index contributed by atoms with van der Waals surface area (Å²) in [5.74, 6) is -3.05. The zero-order valence-electron chi connectivity index (χ0n) is 21.8. The Kier molecular flexibility index (Phi) is 6.13. The van der Waals surface area contributed by atoms with Crippen molar-refractivity contribution in [3.05, 3.63) is 113 Å². The van der Waals surface area contributed by atoms with E-state index >= 15 is 0 Å². The maximum absolute atomic E-state index is 13.9. The number of halogens is 5. The summed E-state index contributed by atoms with van der Waals surface area (Å²) in [5.41, 5.74) is 4.29. The molecular formula is C33H17F5N4. The monoisotopic (exact) mass is 564 g/mol. The van der Waals surface area contributed by atoms with Crippen molar-refractivity contribution in [3.63, 3.8) is 0 Å². The van der Waals surface area contributed by atoms with Crippen LogP contribution in [0.15, 0.2) is 90.5 Å². The number of hydrogen-bond acceptors (Lipinski definition) is 4. The van der Waals surface area contributed by atoms with E-state index in [9.17, 15) is 32.5 Å². The summed E-state index contributed by atoms with van der Waals surface area (Å²) in [4.78, 5) is 9.63. The van der Waals surface area contributed by atoms with Crippen LogP contribution in [0.3, 0.4) is 0 Å². The Balaban J connectivity index is 1.62. The molecule has 4 nitrogen and oxygen atoms in total. The minimum absolute atomic E-state index is 0.118.